The van der Waals surface area contributed by atoms with E-state index in [1.807, 2.05) is 121 Å². The fourth-order valence-electron chi connectivity index (χ4n) is 13.1. The molecule has 1 N–H and O–H groups in total. The van der Waals surface area contributed by atoms with E-state index in [2.05, 4.69) is 0 Å². The largest absolute Gasteiger partial charge is 0.497 e. The Hall–Kier alpha value is -11.1. The molecule has 3 heterocycles. The molecule has 0 unspecified atom stereocenters. The molecule has 3 fully saturated rings. The highest BCUT2D eigenvalue weighted by atomic mass is 16.8. The predicted octanol–water partition coefficient (Wildman–Crippen LogP) is 12.9. The van der Waals surface area contributed by atoms with Crippen molar-refractivity contribution in [2.24, 2.45) is 0 Å². The zero-order chi connectivity index (χ0) is 76.5. The summed E-state index contributed by atoms with van der Waals surface area (Å²) in [5.74, 6) is -4.16. The monoisotopic (exact) mass is 1500 g/mol. The Balaban J connectivity index is 0.971. The first kappa shape index (κ1) is 78.0. The van der Waals surface area contributed by atoms with Crippen LogP contribution >= 0.6 is 0 Å². The molecule has 3 aliphatic rings. The van der Waals surface area contributed by atoms with Crippen LogP contribution < -0.4 is 4.74 Å². The summed E-state index contributed by atoms with van der Waals surface area (Å²) >= 11 is 0. The molecule has 13 rings (SSSR count). The number of rotatable bonds is 33. The Labute approximate surface area is 642 Å². The van der Waals surface area contributed by atoms with Gasteiger partial charge in [-0.05, 0) is 101 Å². The van der Waals surface area contributed by atoms with E-state index in [4.69, 9.17) is 75.8 Å². The van der Waals surface area contributed by atoms with Crippen molar-refractivity contribution >= 4 is 29.8 Å². The summed E-state index contributed by atoms with van der Waals surface area (Å²) in [4.78, 5) is 74.2. The van der Waals surface area contributed by atoms with Crippen molar-refractivity contribution < 1.29 is 105 Å². The van der Waals surface area contributed by atoms with Crippen LogP contribution in [0.25, 0.3) is 0 Å². The van der Waals surface area contributed by atoms with Crippen molar-refractivity contribution in [1.29, 1.82) is 0 Å². The maximum atomic E-state index is 15.5. The molecule has 0 radical (unpaired) electrons. The van der Waals surface area contributed by atoms with Crippen molar-refractivity contribution in [3.05, 3.63) is 353 Å². The number of carbonyl (C=O) groups excluding carboxylic acids is 5. The minimum absolute atomic E-state index is 0.0192. The van der Waals surface area contributed by atoms with Gasteiger partial charge >= 0.3 is 29.8 Å². The van der Waals surface area contributed by atoms with E-state index < -0.39 is 135 Å². The van der Waals surface area contributed by atoms with Crippen LogP contribution in [0.1, 0.15) is 79.6 Å². The van der Waals surface area contributed by atoms with Crippen LogP contribution in [0.2, 0.25) is 0 Å². The van der Waals surface area contributed by atoms with Gasteiger partial charge in [0.15, 0.2) is 43.3 Å². The average molecular weight is 1510 g/mol. The van der Waals surface area contributed by atoms with Gasteiger partial charge in [-0.2, -0.15) is 0 Å². The number of aliphatic hydroxyl groups is 1. The molecule has 0 aliphatic carbocycles. The summed E-state index contributed by atoms with van der Waals surface area (Å²) in [5.41, 5.74) is 4.23. The minimum atomic E-state index is -2.13. The Morgan fingerprint density at radius 2 is 0.586 bits per heavy atom. The molecular formula is C89H84O22. The molecule has 0 spiro atoms. The molecular weight excluding hydrogens is 1420 g/mol. The molecule has 0 aromatic heterocycles. The first-order chi connectivity index (χ1) is 54.5. The molecule has 15 atom stereocenters. The average Bonchev–Trinajstić information content (AvgIpc) is 0.758. The summed E-state index contributed by atoms with van der Waals surface area (Å²) < 4.78 is 108. The van der Waals surface area contributed by atoms with Gasteiger partial charge in [-0.15, -0.1) is 0 Å². The minimum Gasteiger partial charge on any atom is -0.497 e. The first-order valence-corrected chi connectivity index (χ1v) is 36.5. The lowest BCUT2D eigenvalue weighted by molar-refractivity contribution is -0.382. The van der Waals surface area contributed by atoms with Crippen LogP contribution in [-0.4, -0.2) is 154 Å². The van der Waals surface area contributed by atoms with Crippen molar-refractivity contribution in [2.75, 3.05) is 26.9 Å². The second-order valence-electron chi connectivity index (χ2n) is 26.4. The Morgan fingerprint density at radius 3 is 0.982 bits per heavy atom. The molecule has 10 aromatic carbocycles. The van der Waals surface area contributed by atoms with Gasteiger partial charge in [0, 0.05) is 0 Å². The zero-order valence-electron chi connectivity index (χ0n) is 60.6. The SMILES string of the molecule is COc1ccc(COC[C@H]2O[C@@H](O[C@H]3[C@H](OC(=O)c4ccccc4)[C@@H](OC(=O)c4ccccc4)[C@H](O)O[C@@H]3COC(=O)c3ccccc3)[C@H](OC(=O)c3ccccc3)[C@@H](OC(=O)c3ccccc3)[C@H]2O[C@H]2O[C@H](COCc3ccccc3)[C@H](OCc3ccccc3)[C@H](OCc3ccccc3)[C@H]2OCc2ccccc2)cc1. The molecule has 0 amide bonds. The number of hydrogen-bond acceptors (Lipinski definition) is 22. The van der Waals surface area contributed by atoms with E-state index in [0.29, 0.717) is 11.3 Å². The number of hydrogen-bond donors (Lipinski definition) is 1. The molecule has 3 aliphatic heterocycles. The Morgan fingerprint density at radius 1 is 0.288 bits per heavy atom. The smallest absolute Gasteiger partial charge is 0.338 e. The fraction of sp³-hybridized carbons (Fsp3) is 0.270. The summed E-state index contributed by atoms with van der Waals surface area (Å²) in [5, 5.41) is 12.3. The van der Waals surface area contributed by atoms with Crippen molar-refractivity contribution in [2.45, 2.75) is 125 Å². The summed E-state index contributed by atoms with van der Waals surface area (Å²) in [6, 6.07) is 85.1. The van der Waals surface area contributed by atoms with Gasteiger partial charge in [-0.3, -0.25) is 0 Å². The van der Waals surface area contributed by atoms with E-state index in [1.54, 1.807) is 122 Å². The molecule has 10 aromatic rings. The molecule has 0 saturated carbocycles. The maximum Gasteiger partial charge on any atom is 0.338 e. The predicted molar refractivity (Wildman–Crippen MR) is 401 cm³/mol. The van der Waals surface area contributed by atoms with Crippen molar-refractivity contribution in [1.82, 2.24) is 0 Å². The lowest BCUT2D eigenvalue weighted by atomic mass is 9.94. The number of aliphatic hydroxyl groups excluding tert-OH is 1. The number of ether oxygens (including phenoxy) is 16. The summed E-state index contributed by atoms with van der Waals surface area (Å²) in [6.07, 6.45) is -24.7. The first-order valence-electron chi connectivity index (χ1n) is 36.5. The Kier molecular flexibility index (Phi) is 27.8. The van der Waals surface area contributed by atoms with Gasteiger partial charge in [-0.1, -0.05) is 224 Å². The normalized spacial score (nSPS) is 23.6. The van der Waals surface area contributed by atoms with Crippen LogP contribution in [0.5, 0.6) is 5.75 Å². The second-order valence-corrected chi connectivity index (χ2v) is 26.4. The van der Waals surface area contributed by atoms with Crippen LogP contribution in [0.3, 0.4) is 0 Å². The zero-order valence-corrected chi connectivity index (χ0v) is 60.6. The quantitative estimate of drug-likeness (QED) is 0.0296. The number of benzene rings is 10. The highest BCUT2D eigenvalue weighted by molar-refractivity contribution is 5.92. The fourth-order valence-corrected chi connectivity index (χ4v) is 13.1. The van der Waals surface area contributed by atoms with E-state index in [0.717, 1.165) is 22.3 Å². The number of methoxy groups -OCH3 is 1. The van der Waals surface area contributed by atoms with Gasteiger partial charge in [0.2, 0.25) is 0 Å². The van der Waals surface area contributed by atoms with E-state index in [-0.39, 0.29) is 67.5 Å². The third-order valence-corrected chi connectivity index (χ3v) is 18.7. The third-order valence-electron chi connectivity index (χ3n) is 18.7. The van der Waals surface area contributed by atoms with Gasteiger partial charge in [0.05, 0.1) is 81.2 Å². The summed E-state index contributed by atoms with van der Waals surface area (Å²) in [6.45, 7) is -1.13. The molecule has 111 heavy (non-hydrogen) atoms. The van der Waals surface area contributed by atoms with Crippen molar-refractivity contribution in [3.63, 3.8) is 0 Å². The van der Waals surface area contributed by atoms with E-state index >= 15 is 9.59 Å². The van der Waals surface area contributed by atoms with Gasteiger partial charge in [-0.25, -0.2) is 24.0 Å². The van der Waals surface area contributed by atoms with Crippen LogP contribution in [-0.2, 0) is 104 Å². The van der Waals surface area contributed by atoms with Crippen molar-refractivity contribution in [3.8, 4) is 5.75 Å². The lowest BCUT2D eigenvalue weighted by Gasteiger charge is -2.51. The molecule has 3 saturated heterocycles. The van der Waals surface area contributed by atoms with Gasteiger partial charge < -0.3 is 80.9 Å². The maximum absolute atomic E-state index is 15.5. The molecule has 0 bridgehead atoms. The topological polar surface area (TPSA) is 253 Å². The lowest BCUT2D eigenvalue weighted by Crippen LogP contribution is -2.68. The standard InChI is InChI=1S/C89H84O22/c1-96-69-49-47-63(48-50-69)52-98-57-71-74(110-88-80(101-55-62-35-17-5-18-36-62)76(100-54-61-33-15-4-16-34-61)73(99-53-60-31-13-3-14-32-60)70(104-88)56-97-51-59-29-11-2-12-30-59)78(107-84(92)66-41-23-8-24-42-66)81(109-86(94)68-45-27-10-28-46-68)89(105-71)111-75-72(58-102-82(90)64-37-19-6-20-38-64)103-87(95)79(108-85(93)67-43-25-9-26-44-67)77(75)106-83(91)65-39-21-7-22-40-65/h2-50,70-81,87-89,95H,51-58H2,1H3/t70-,71-,72-,73+,74+,75-,76+,77+,78+,79-,80-,81-,87-,88-,89+/m1/s1. The third kappa shape index (κ3) is 21.3. The van der Waals surface area contributed by atoms with E-state index in [9.17, 15) is 19.5 Å². The Bertz CT molecular complexity index is 4500. The molecule has 22 nitrogen and oxygen atoms in total. The highest BCUT2D eigenvalue weighted by Crippen LogP contribution is 2.40. The number of esters is 5. The van der Waals surface area contributed by atoms with Gasteiger partial charge in [0.25, 0.3) is 0 Å². The van der Waals surface area contributed by atoms with Gasteiger partial charge in [0.1, 0.15) is 61.2 Å². The second kappa shape index (κ2) is 39.5. The highest BCUT2D eigenvalue weighted by Gasteiger charge is 2.59. The number of carbonyl (C=O) groups is 5. The van der Waals surface area contributed by atoms with Crippen LogP contribution in [0.15, 0.2) is 297 Å². The molecule has 572 valence electrons. The van der Waals surface area contributed by atoms with Crippen LogP contribution in [0.4, 0.5) is 0 Å². The molecule has 22 heteroatoms. The van der Waals surface area contributed by atoms with Crippen LogP contribution in [0, 0.1) is 0 Å². The van der Waals surface area contributed by atoms with E-state index in [1.165, 1.54) is 60.7 Å². The summed E-state index contributed by atoms with van der Waals surface area (Å²) in [7, 11) is 1.55.